The van der Waals surface area contributed by atoms with Crippen molar-refractivity contribution in [1.29, 1.82) is 0 Å². The Bertz CT molecular complexity index is 8280. The summed E-state index contributed by atoms with van der Waals surface area (Å²) in [6.07, 6.45) is 39.5. The van der Waals surface area contributed by atoms with Gasteiger partial charge in [-0.2, -0.15) is 0 Å². The molecule has 15 heterocycles. The minimum atomic E-state index is -0.00599. The first-order valence-corrected chi connectivity index (χ1v) is 53.7. The maximum absolute atomic E-state index is 6.45. The van der Waals surface area contributed by atoms with E-state index in [1.807, 2.05) is 6.92 Å². The Morgan fingerprint density at radius 2 is 0.535 bits per heavy atom. The summed E-state index contributed by atoms with van der Waals surface area (Å²) < 4.78 is 43.1. The van der Waals surface area contributed by atoms with Crippen molar-refractivity contribution >= 4 is 110 Å². The van der Waals surface area contributed by atoms with E-state index in [0.29, 0.717) is 41.4 Å². The van der Waals surface area contributed by atoms with Crippen LogP contribution in [0.4, 0.5) is 0 Å². The number of aromatic nitrogens is 10. The molecule has 5 aliphatic carbocycles. The van der Waals surface area contributed by atoms with Crippen LogP contribution < -0.4 is 22.8 Å². The molecule has 144 heavy (non-hydrogen) atoms. The third-order valence-electron chi connectivity index (χ3n) is 32.5. The molecule has 5 fully saturated rings. The highest BCUT2D eigenvalue weighted by molar-refractivity contribution is 6.13. The minimum absolute atomic E-state index is 0.00599. The predicted molar refractivity (Wildman–Crippen MR) is 586 cm³/mol. The van der Waals surface area contributed by atoms with E-state index in [1.54, 1.807) is 0 Å². The Morgan fingerprint density at radius 1 is 0.285 bits per heavy atom. The van der Waals surface area contributed by atoms with E-state index in [1.165, 1.54) is 240 Å². The number of furan rings is 5. The fourth-order valence-electron chi connectivity index (χ4n) is 24.1. The standard InChI is InChI=1S/2C27H31N2O.C26H29N2O.C25H27N2O.C24H25N2O/c1-17-10-11-20-21-12-13-23(27(2,3)4)28-26(21)30-25(20)24(17)22-16-19(14-15-29(22)5)18-8-6-7-9-18;1-17(2)15-21-10-12-23-22-11-9-18(3)25(26(22)30-27(23)28-21)24-16-20(13-14-29(24)4)19-7-5-6-8-19;1-16(2)22-12-11-21-20-10-9-17(3)24(25(20)29-26(21)27-22)23-15-19(13-14-28(23)4)18-7-5-6-8-18;1-4-19-10-12-21-20-11-9-16(2)23(24(20)28-25(21)26-19)22-15-18(13-14-27(22)3)17-7-5-6-8-17;1-15-8-10-19-20-11-9-16(2)25-24(20)27-23(19)22(15)21-14-18(12-13-26(21)3)17-6-4-5-7-17/h10-16,18H,6-9H2,1-5H3;9-14,16-17,19H,5-8,15H2,1-4H3;9-16,18H,5-8H2,1-4H3;9-15,17H,4-8H2,1-3H3;8-14,17H,4-7H2,1-3H3/q5*+1. The van der Waals surface area contributed by atoms with Gasteiger partial charge in [-0.15, -0.1) is 0 Å². The van der Waals surface area contributed by atoms with Crippen LogP contribution >= 0.6 is 0 Å². The number of nitrogens with zero attached hydrogens (tertiary/aromatic N) is 10. The Morgan fingerprint density at radius 3 is 0.819 bits per heavy atom. The molecular formula is C129H143N10O5+5. The van der Waals surface area contributed by atoms with E-state index in [4.69, 9.17) is 42.0 Å². The van der Waals surface area contributed by atoms with Crippen LogP contribution in [0.15, 0.2) is 235 Å². The molecule has 15 aromatic heterocycles. The second kappa shape index (κ2) is 40.3. The molecule has 0 spiro atoms. The smallest absolute Gasteiger partial charge is 0.227 e. The van der Waals surface area contributed by atoms with Crippen LogP contribution in [0.1, 0.15) is 303 Å². The average molecular weight is 1910 g/mol. The number of aryl methyl sites for hydroxylation is 12. The van der Waals surface area contributed by atoms with Crippen molar-refractivity contribution in [3.8, 4) is 56.3 Å². The Hall–Kier alpha value is -13.4. The first-order valence-electron chi connectivity index (χ1n) is 53.7. The molecule has 0 unspecified atom stereocenters. The highest BCUT2D eigenvalue weighted by atomic mass is 16.4. The largest absolute Gasteiger partial charge is 0.437 e. The molecule has 15 heteroatoms. The SMILES string of the molecule is CCc1ccc2c(n1)oc1c(-c3cc(C4CCCC4)cc[n+]3C)c(C)ccc12.Cc1ccc2c(n1)oc1c(-c3cc(C4CCCC4)cc[n+]3C)c(C)ccc12.Cc1ccc2c(oc3nc(C(C)(C)C)ccc32)c1-c1cc(C2CCCC2)cc[n+]1C.Cc1ccc2c(oc3nc(C(C)C)ccc32)c1-c1cc(C2CCCC2)cc[n+]1C.Cc1ccc2c(oc3nc(CC(C)C)ccc32)c1-c1cc(C2CCCC2)cc[n+]1C. The first kappa shape index (κ1) is 96.7. The molecule has 5 aliphatic rings. The lowest BCUT2D eigenvalue weighted by molar-refractivity contribution is -0.660. The Labute approximate surface area is 848 Å². The van der Waals surface area contributed by atoms with E-state index < -0.39 is 0 Å². The van der Waals surface area contributed by atoms with Gasteiger partial charge in [0.25, 0.3) is 0 Å². The van der Waals surface area contributed by atoms with E-state index in [9.17, 15) is 0 Å². The molecule has 0 radical (unpaired) electrons. The molecule has 0 N–H and O–H groups in total. The van der Waals surface area contributed by atoms with Crippen molar-refractivity contribution in [3.05, 3.63) is 297 Å². The van der Waals surface area contributed by atoms with Crippen LogP contribution in [-0.4, -0.2) is 24.9 Å². The number of hydrogen-bond acceptors (Lipinski definition) is 10. The van der Waals surface area contributed by atoms with Gasteiger partial charge in [0.15, 0.2) is 58.9 Å². The van der Waals surface area contributed by atoms with Gasteiger partial charge in [-0.05, 0) is 276 Å². The summed E-state index contributed by atoms with van der Waals surface area (Å²) >= 11 is 0. The molecule has 5 saturated carbocycles. The van der Waals surface area contributed by atoms with Crippen LogP contribution in [-0.2, 0) is 53.5 Å². The van der Waals surface area contributed by atoms with Gasteiger partial charge in [0.05, 0.1) is 27.8 Å². The maximum Gasteiger partial charge on any atom is 0.227 e. The molecule has 20 aromatic rings. The number of rotatable bonds is 14. The fraction of sp³-hybridized carbons (Fsp3) is 0.380. The van der Waals surface area contributed by atoms with Gasteiger partial charge in [-0.25, -0.2) is 47.8 Å². The summed E-state index contributed by atoms with van der Waals surface area (Å²) in [7, 11) is 10.6. The lowest BCUT2D eigenvalue weighted by Crippen LogP contribution is -2.31. The van der Waals surface area contributed by atoms with Crippen LogP contribution in [0.25, 0.3) is 167 Å². The summed E-state index contributed by atoms with van der Waals surface area (Å²) in [5.41, 5.74) is 39.3. The van der Waals surface area contributed by atoms with E-state index in [2.05, 4.69) is 366 Å². The predicted octanol–water partition coefficient (Wildman–Crippen LogP) is 31.7. The zero-order valence-corrected chi connectivity index (χ0v) is 88.3. The third-order valence-corrected chi connectivity index (χ3v) is 32.5. The summed E-state index contributed by atoms with van der Waals surface area (Å²) in [5, 5.41) is 11.2. The van der Waals surface area contributed by atoms with Crippen molar-refractivity contribution in [2.24, 2.45) is 41.2 Å². The molecule has 15 nitrogen and oxygen atoms in total. The van der Waals surface area contributed by atoms with Gasteiger partial charge in [-0.1, -0.05) is 180 Å². The number of pyridine rings is 10. The molecular weight excluding hydrogens is 1770 g/mol. The highest BCUT2D eigenvalue weighted by Gasteiger charge is 2.34. The van der Waals surface area contributed by atoms with Crippen LogP contribution in [0.3, 0.4) is 0 Å². The van der Waals surface area contributed by atoms with Crippen LogP contribution in [0.2, 0.25) is 0 Å². The maximum atomic E-state index is 6.45. The van der Waals surface area contributed by atoms with E-state index in [0.717, 1.165) is 152 Å². The zero-order chi connectivity index (χ0) is 99.8. The molecule has 0 amide bonds. The minimum Gasteiger partial charge on any atom is -0.437 e. The molecule has 25 rings (SSSR count). The summed E-state index contributed by atoms with van der Waals surface area (Å²) in [6, 6.07) is 66.7. The van der Waals surface area contributed by atoms with Crippen LogP contribution in [0.5, 0.6) is 0 Å². The lowest BCUT2D eigenvalue weighted by atomic mass is 9.91. The van der Waals surface area contributed by atoms with Crippen molar-refractivity contribution < 1.29 is 44.9 Å². The van der Waals surface area contributed by atoms with E-state index in [-0.39, 0.29) is 5.41 Å². The second-order valence-electron chi connectivity index (χ2n) is 44.5. The van der Waals surface area contributed by atoms with Gasteiger partial charge in [0, 0.05) is 148 Å². The molecule has 734 valence electrons. The topological polar surface area (TPSA) is 150 Å². The van der Waals surface area contributed by atoms with Crippen molar-refractivity contribution in [2.75, 3.05) is 0 Å². The number of fused-ring (bicyclic) bond motifs is 15. The van der Waals surface area contributed by atoms with E-state index >= 15 is 0 Å². The second-order valence-corrected chi connectivity index (χ2v) is 44.5. The van der Waals surface area contributed by atoms with Crippen molar-refractivity contribution in [2.45, 2.75) is 279 Å². The van der Waals surface area contributed by atoms with Gasteiger partial charge in [0.2, 0.25) is 57.0 Å². The highest BCUT2D eigenvalue weighted by Crippen LogP contribution is 2.48. The van der Waals surface area contributed by atoms with Crippen molar-refractivity contribution in [3.63, 3.8) is 0 Å². The van der Waals surface area contributed by atoms with Gasteiger partial charge in [-0.3, -0.25) is 0 Å². The quantitative estimate of drug-likeness (QED) is 0.0963. The first-order chi connectivity index (χ1) is 69.6. The molecule has 5 aromatic carbocycles. The average Bonchev–Trinajstić information content (AvgIpc) is 1.57. The van der Waals surface area contributed by atoms with Gasteiger partial charge < -0.3 is 22.1 Å². The van der Waals surface area contributed by atoms with Gasteiger partial charge in [0.1, 0.15) is 35.2 Å². The zero-order valence-electron chi connectivity index (χ0n) is 88.3. The van der Waals surface area contributed by atoms with Crippen molar-refractivity contribution in [1.82, 2.24) is 24.9 Å². The number of hydrogen-bond donors (Lipinski definition) is 0. The summed E-state index contributed by atoms with van der Waals surface area (Å²) in [6.45, 7) is 30.4. The number of benzene rings is 5. The monoisotopic (exact) mass is 1910 g/mol. The Balaban J connectivity index is 0.000000106. The normalized spacial score (nSPS) is 15.2. The summed E-state index contributed by atoms with van der Waals surface area (Å²) in [5.74, 6) is 4.44. The summed E-state index contributed by atoms with van der Waals surface area (Å²) in [4.78, 5) is 23.9. The van der Waals surface area contributed by atoms with Crippen LogP contribution in [0, 0.1) is 47.5 Å². The Kier molecular flexibility index (Phi) is 27.1. The molecule has 0 atom stereocenters. The third kappa shape index (κ3) is 18.9. The molecule has 0 aliphatic heterocycles. The molecule has 0 bridgehead atoms. The molecule has 0 saturated heterocycles. The fourth-order valence-corrected chi connectivity index (χ4v) is 24.1. The lowest BCUT2D eigenvalue weighted by Gasteiger charge is -2.16. The van der Waals surface area contributed by atoms with Gasteiger partial charge >= 0.3 is 0 Å².